The quantitative estimate of drug-likeness (QED) is 0.511. The minimum atomic E-state index is -3.78. The molecule has 0 bridgehead atoms. The van der Waals surface area contributed by atoms with Crippen LogP contribution in [0, 0.1) is 0 Å². The van der Waals surface area contributed by atoms with E-state index in [1.165, 1.54) is 27.1 Å². The van der Waals surface area contributed by atoms with Crippen LogP contribution in [0.5, 0.6) is 5.75 Å². The van der Waals surface area contributed by atoms with Crippen LogP contribution < -0.4 is 10.5 Å². The molecule has 1 saturated heterocycles. The summed E-state index contributed by atoms with van der Waals surface area (Å²) in [5.41, 5.74) is 1.66. The second kappa shape index (κ2) is 9.24. The number of piperazine rings is 1. The van der Waals surface area contributed by atoms with Crippen molar-refractivity contribution in [3.63, 3.8) is 0 Å². The predicted octanol–water partition coefficient (Wildman–Crippen LogP) is 2.17. The Hall–Kier alpha value is -3.37. The van der Waals surface area contributed by atoms with E-state index in [1.54, 1.807) is 24.2 Å². The summed E-state index contributed by atoms with van der Waals surface area (Å²) in [7, 11) is -2.19. The Morgan fingerprint density at radius 1 is 1.09 bits per heavy atom. The number of oxazole rings is 1. The van der Waals surface area contributed by atoms with Crippen LogP contribution in [0.3, 0.4) is 0 Å². The van der Waals surface area contributed by atoms with Crippen LogP contribution >= 0.6 is 0 Å². The van der Waals surface area contributed by atoms with Crippen molar-refractivity contribution < 1.29 is 22.4 Å². The fourth-order valence-electron chi connectivity index (χ4n) is 3.79. The number of carbonyl (C=O) groups excluding carboxylic acids is 1. The van der Waals surface area contributed by atoms with Crippen molar-refractivity contribution in [2.45, 2.75) is 18.4 Å². The lowest BCUT2D eigenvalue weighted by Gasteiger charge is -2.33. The Bertz CT molecular complexity index is 1350. The second-order valence-corrected chi connectivity index (χ2v) is 9.52. The first-order valence-electron chi connectivity index (χ1n) is 10.6. The topological polar surface area (TPSA) is 102 Å². The Morgan fingerprint density at radius 2 is 1.79 bits per heavy atom. The molecule has 1 fully saturated rings. The molecule has 10 heteroatoms. The van der Waals surface area contributed by atoms with E-state index < -0.39 is 15.8 Å². The molecule has 0 atom stereocenters. The number of benzene rings is 2. The predicted molar refractivity (Wildman–Crippen MR) is 124 cm³/mol. The lowest BCUT2D eigenvalue weighted by atomic mass is 10.2. The van der Waals surface area contributed by atoms with E-state index in [9.17, 15) is 18.0 Å². The smallest absolute Gasteiger partial charge is 0.419 e. The maximum absolute atomic E-state index is 13.1. The highest BCUT2D eigenvalue weighted by Gasteiger charge is 2.30. The van der Waals surface area contributed by atoms with E-state index in [0.29, 0.717) is 12.1 Å². The van der Waals surface area contributed by atoms with Gasteiger partial charge in [-0.3, -0.25) is 9.36 Å². The lowest BCUT2D eigenvalue weighted by Crippen LogP contribution is -2.50. The van der Waals surface area contributed by atoms with E-state index in [-0.39, 0.29) is 42.6 Å². The third-order valence-corrected chi connectivity index (χ3v) is 7.57. The molecular weight excluding hydrogens is 446 g/mol. The maximum Gasteiger partial charge on any atom is 0.419 e. The molecule has 9 nitrogen and oxygen atoms in total. The number of rotatable bonds is 6. The molecule has 0 radical (unpaired) electrons. The summed E-state index contributed by atoms with van der Waals surface area (Å²) in [5, 5.41) is 0. The van der Waals surface area contributed by atoms with Gasteiger partial charge in [0, 0.05) is 44.9 Å². The van der Waals surface area contributed by atoms with Gasteiger partial charge in [-0.1, -0.05) is 12.1 Å². The summed E-state index contributed by atoms with van der Waals surface area (Å²) in [6.07, 6.45) is 3.20. The molecule has 33 heavy (non-hydrogen) atoms. The SMILES string of the molecule is CCn1c(=O)oc2cc(S(=O)(=O)N3CCN(C(=O)C=Cc4ccc(OC)cc4)CC3)ccc21. The summed E-state index contributed by atoms with van der Waals surface area (Å²) in [4.78, 5) is 26.1. The van der Waals surface area contributed by atoms with Crippen LogP contribution in [0.1, 0.15) is 12.5 Å². The van der Waals surface area contributed by atoms with E-state index >= 15 is 0 Å². The van der Waals surface area contributed by atoms with Gasteiger partial charge in [0.25, 0.3) is 0 Å². The molecule has 0 aliphatic carbocycles. The van der Waals surface area contributed by atoms with Crippen molar-refractivity contribution in [3.8, 4) is 5.75 Å². The normalized spacial score (nSPS) is 15.4. The second-order valence-electron chi connectivity index (χ2n) is 7.58. The molecule has 1 aromatic heterocycles. The summed E-state index contributed by atoms with van der Waals surface area (Å²) in [6.45, 7) is 3.18. The number of nitrogens with zero attached hydrogens (tertiary/aromatic N) is 3. The van der Waals surface area contributed by atoms with E-state index in [4.69, 9.17) is 9.15 Å². The highest BCUT2D eigenvalue weighted by molar-refractivity contribution is 7.89. The number of methoxy groups -OCH3 is 1. The largest absolute Gasteiger partial charge is 0.497 e. The summed E-state index contributed by atoms with van der Waals surface area (Å²) in [6, 6.07) is 11.8. The highest BCUT2D eigenvalue weighted by Crippen LogP contribution is 2.23. The Morgan fingerprint density at radius 3 is 2.42 bits per heavy atom. The standard InChI is InChI=1S/C23H25N3O6S/c1-3-26-20-10-9-19(16-21(20)32-23(26)28)33(29,30)25-14-12-24(13-15-25)22(27)11-6-17-4-7-18(31-2)8-5-17/h4-11,16H,3,12-15H2,1-2H3. The van der Waals surface area contributed by atoms with Gasteiger partial charge in [-0.2, -0.15) is 4.31 Å². The molecule has 174 valence electrons. The lowest BCUT2D eigenvalue weighted by molar-refractivity contribution is -0.127. The van der Waals surface area contributed by atoms with Crippen LogP contribution in [-0.2, 0) is 21.4 Å². The molecule has 0 spiro atoms. The Balaban J connectivity index is 1.42. The number of carbonyl (C=O) groups is 1. The first kappa shape index (κ1) is 22.8. The molecule has 0 N–H and O–H groups in total. The van der Waals surface area contributed by atoms with Crippen LogP contribution in [0.25, 0.3) is 17.2 Å². The van der Waals surface area contributed by atoms with Gasteiger partial charge in [-0.25, -0.2) is 13.2 Å². The molecule has 1 amide bonds. The molecule has 1 aliphatic rings. The zero-order valence-electron chi connectivity index (χ0n) is 18.4. The van der Waals surface area contributed by atoms with E-state index in [2.05, 4.69) is 0 Å². The third-order valence-electron chi connectivity index (χ3n) is 5.68. The van der Waals surface area contributed by atoms with Gasteiger partial charge < -0.3 is 14.1 Å². The zero-order valence-corrected chi connectivity index (χ0v) is 19.2. The van der Waals surface area contributed by atoms with E-state index in [0.717, 1.165) is 11.3 Å². The van der Waals surface area contributed by atoms with Gasteiger partial charge in [0.15, 0.2) is 5.58 Å². The fourth-order valence-corrected chi connectivity index (χ4v) is 5.23. The maximum atomic E-state index is 13.1. The van der Waals surface area contributed by atoms with Gasteiger partial charge in [0.2, 0.25) is 15.9 Å². The van der Waals surface area contributed by atoms with Crippen molar-refractivity contribution >= 4 is 33.1 Å². The number of sulfonamides is 1. The number of hydrogen-bond acceptors (Lipinski definition) is 6. The summed E-state index contributed by atoms with van der Waals surface area (Å²) >= 11 is 0. The molecule has 2 aromatic carbocycles. The van der Waals surface area contributed by atoms with Crippen LogP contribution in [0.4, 0.5) is 0 Å². The number of hydrogen-bond donors (Lipinski definition) is 0. The van der Waals surface area contributed by atoms with Crippen molar-refractivity contribution in [2.75, 3.05) is 33.3 Å². The van der Waals surface area contributed by atoms with Gasteiger partial charge in [0.05, 0.1) is 17.5 Å². The van der Waals surface area contributed by atoms with Crippen molar-refractivity contribution in [2.24, 2.45) is 0 Å². The first-order chi connectivity index (χ1) is 15.8. The molecular formula is C23H25N3O6S. The van der Waals surface area contributed by atoms with Gasteiger partial charge in [0.1, 0.15) is 5.75 Å². The van der Waals surface area contributed by atoms with E-state index in [1.807, 2.05) is 31.2 Å². The first-order valence-corrected chi connectivity index (χ1v) is 12.0. The van der Waals surface area contributed by atoms with Crippen LogP contribution in [-0.4, -0.2) is 61.4 Å². The van der Waals surface area contributed by atoms with Gasteiger partial charge in [-0.05, 0) is 42.8 Å². The fraction of sp³-hybridized carbons (Fsp3) is 0.304. The number of aryl methyl sites for hydroxylation is 1. The number of aromatic nitrogens is 1. The van der Waals surface area contributed by atoms with Crippen molar-refractivity contribution in [3.05, 3.63) is 64.7 Å². The van der Waals surface area contributed by atoms with Crippen molar-refractivity contribution in [1.82, 2.24) is 13.8 Å². The molecule has 4 rings (SSSR count). The molecule has 0 saturated carbocycles. The van der Waals surface area contributed by atoms with Crippen LogP contribution in [0.2, 0.25) is 0 Å². The summed E-state index contributed by atoms with van der Waals surface area (Å²) < 4.78 is 39.3. The average Bonchev–Trinajstić information content (AvgIpc) is 3.16. The number of ether oxygens (including phenoxy) is 1. The Kier molecular flexibility index (Phi) is 6.39. The average molecular weight is 472 g/mol. The van der Waals surface area contributed by atoms with Gasteiger partial charge in [-0.15, -0.1) is 0 Å². The highest BCUT2D eigenvalue weighted by atomic mass is 32.2. The van der Waals surface area contributed by atoms with Crippen LogP contribution in [0.15, 0.2) is 62.6 Å². The van der Waals surface area contributed by atoms with Gasteiger partial charge >= 0.3 is 5.76 Å². The molecule has 1 aliphatic heterocycles. The zero-order chi connectivity index (χ0) is 23.6. The minimum Gasteiger partial charge on any atom is -0.497 e. The number of fused-ring (bicyclic) bond motifs is 1. The molecule has 3 aromatic rings. The monoisotopic (exact) mass is 471 g/mol. The molecule has 0 unspecified atom stereocenters. The molecule has 2 heterocycles. The number of amides is 1. The Labute approximate surface area is 191 Å². The minimum absolute atomic E-state index is 0.0613. The summed E-state index contributed by atoms with van der Waals surface area (Å²) in [5.74, 6) is 0.0452. The third kappa shape index (κ3) is 4.57. The van der Waals surface area contributed by atoms with Crippen molar-refractivity contribution in [1.29, 1.82) is 0 Å².